The first-order chi connectivity index (χ1) is 16.4. The number of hydrogen-bond acceptors (Lipinski definition) is 6. The third kappa shape index (κ3) is 2.80. The van der Waals surface area contributed by atoms with Gasteiger partial charge in [-0.1, -0.05) is 6.07 Å². The first kappa shape index (κ1) is 21.0. The number of halogens is 2. The number of rotatable bonds is 1. The molecule has 0 bridgehead atoms. The average molecular weight is 479 g/mol. The van der Waals surface area contributed by atoms with Crippen molar-refractivity contribution >= 4 is 43.2 Å². The van der Waals surface area contributed by atoms with E-state index in [2.05, 4.69) is 10.4 Å². The molecule has 2 aliphatic heterocycles. The van der Waals surface area contributed by atoms with Crippen LogP contribution in [0, 0.1) is 29.9 Å². The molecule has 1 saturated heterocycles. The quantitative estimate of drug-likeness (QED) is 0.434. The number of nitrogen functional groups attached to an aromatic ring is 1. The predicted molar refractivity (Wildman–Crippen MR) is 127 cm³/mol. The van der Waals surface area contributed by atoms with E-state index in [4.69, 9.17) is 5.73 Å². The molecule has 2 aromatic carbocycles. The molecule has 4 aromatic rings. The Bertz CT molecular complexity index is 1570. The van der Waals surface area contributed by atoms with Gasteiger partial charge in [0.05, 0.1) is 27.0 Å². The number of nitrogens with zero attached hydrogens (tertiary/aromatic N) is 4. The summed E-state index contributed by atoms with van der Waals surface area (Å²) in [6.45, 7) is 4.28. The monoisotopic (exact) mass is 478 g/mol. The van der Waals surface area contributed by atoms with E-state index < -0.39 is 11.6 Å². The number of nitriles is 1. The normalized spacial score (nSPS) is 18.1. The molecular formula is C24H20F2N6OS. The maximum atomic E-state index is 15.9. The van der Waals surface area contributed by atoms with Crippen LogP contribution in [0.25, 0.3) is 32.1 Å². The van der Waals surface area contributed by atoms with Crippen LogP contribution in [0.15, 0.2) is 18.2 Å². The molecule has 34 heavy (non-hydrogen) atoms. The SMILES string of the molecule is Cc1nn2c3c(cc(F)c(-c4ccc(F)c5sc(N)c(C#N)c45)c13)C(=O)N1CCNCC1CC2. The van der Waals surface area contributed by atoms with Crippen molar-refractivity contribution in [2.45, 2.75) is 25.9 Å². The molecule has 0 radical (unpaired) electrons. The second-order valence-corrected chi connectivity index (χ2v) is 9.76. The maximum absolute atomic E-state index is 15.9. The Labute approximate surface area is 197 Å². The Kier molecular flexibility index (Phi) is 4.62. The van der Waals surface area contributed by atoms with Crippen molar-refractivity contribution in [1.82, 2.24) is 20.0 Å². The summed E-state index contributed by atoms with van der Waals surface area (Å²) in [5.74, 6) is -1.36. The van der Waals surface area contributed by atoms with Gasteiger partial charge in [-0.25, -0.2) is 8.78 Å². The van der Waals surface area contributed by atoms with Gasteiger partial charge in [-0.2, -0.15) is 10.4 Å². The summed E-state index contributed by atoms with van der Waals surface area (Å²) < 4.78 is 32.6. The van der Waals surface area contributed by atoms with E-state index in [1.54, 1.807) is 11.6 Å². The number of carbonyl (C=O) groups is 1. The summed E-state index contributed by atoms with van der Waals surface area (Å²) in [6.07, 6.45) is 0.724. The van der Waals surface area contributed by atoms with Gasteiger partial charge >= 0.3 is 0 Å². The molecule has 1 unspecified atom stereocenters. The number of nitrogens with two attached hydrogens (primary N) is 1. The molecule has 10 heteroatoms. The minimum absolute atomic E-state index is 0.0142. The topological polar surface area (TPSA) is 100.0 Å². The highest BCUT2D eigenvalue weighted by Crippen LogP contribution is 2.45. The van der Waals surface area contributed by atoms with Crippen LogP contribution in [0.1, 0.15) is 28.0 Å². The zero-order valence-electron chi connectivity index (χ0n) is 18.3. The number of thiophene rings is 1. The van der Waals surface area contributed by atoms with Crippen molar-refractivity contribution in [3.8, 4) is 17.2 Å². The van der Waals surface area contributed by atoms with Crippen LogP contribution in [0.4, 0.5) is 13.8 Å². The number of nitrogens with one attached hydrogen (secondary N) is 1. The number of amides is 1. The number of aromatic nitrogens is 2. The van der Waals surface area contributed by atoms with E-state index in [9.17, 15) is 14.4 Å². The van der Waals surface area contributed by atoms with Crippen LogP contribution in [0.5, 0.6) is 0 Å². The highest BCUT2D eigenvalue weighted by molar-refractivity contribution is 7.23. The van der Waals surface area contributed by atoms with Crippen molar-refractivity contribution in [2.75, 3.05) is 25.4 Å². The molecule has 1 amide bonds. The number of anilines is 1. The third-order valence-electron chi connectivity index (χ3n) is 6.86. The summed E-state index contributed by atoms with van der Waals surface area (Å²) in [7, 11) is 0. The number of benzene rings is 2. The fourth-order valence-electron chi connectivity index (χ4n) is 5.35. The number of piperazine rings is 1. The molecule has 1 atom stereocenters. The number of fused-ring (bicyclic) bond motifs is 2. The third-order valence-corrected chi connectivity index (χ3v) is 7.88. The zero-order valence-corrected chi connectivity index (χ0v) is 19.1. The van der Waals surface area contributed by atoms with Gasteiger partial charge in [0.25, 0.3) is 5.91 Å². The van der Waals surface area contributed by atoms with Crippen molar-refractivity contribution in [3.63, 3.8) is 0 Å². The van der Waals surface area contributed by atoms with Crippen molar-refractivity contribution in [3.05, 3.63) is 46.7 Å². The predicted octanol–water partition coefficient (Wildman–Crippen LogP) is 3.78. The molecule has 4 heterocycles. The summed E-state index contributed by atoms with van der Waals surface area (Å²) in [4.78, 5) is 15.4. The lowest BCUT2D eigenvalue weighted by Gasteiger charge is -2.37. The first-order valence-corrected chi connectivity index (χ1v) is 11.8. The second kappa shape index (κ2) is 7.48. The van der Waals surface area contributed by atoms with Crippen LogP contribution in [0.2, 0.25) is 0 Å². The molecule has 2 aromatic heterocycles. The van der Waals surface area contributed by atoms with E-state index in [0.29, 0.717) is 48.3 Å². The van der Waals surface area contributed by atoms with Crippen LogP contribution in [-0.2, 0) is 6.54 Å². The minimum atomic E-state index is -0.618. The van der Waals surface area contributed by atoms with Crippen LogP contribution >= 0.6 is 11.3 Å². The average Bonchev–Trinajstić information content (AvgIpc) is 3.34. The minimum Gasteiger partial charge on any atom is -0.389 e. The zero-order chi connectivity index (χ0) is 23.7. The van der Waals surface area contributed by atoms with E-state index in [-0.39, 0.29) is 43.7 Å². The first-order valence-electron chi connectivity index (χ1n) is 11.0. The van der Waals surface area contributed by atoms with Crippen molar-refractivity contribution < 1.29 is 13.6 Å². The lowest BCUT2D eigenvalue weighted by molar-refractivity contribution is 0.0613. The van der Waals surface area contributed by atoms with E-state index in [1.165, 1.54) is 18.2 Å². The van der Waals surface area contributed by atoms with Gasteiger partial charge in [-0.15, -0.1) is 11.3 Å². The van der Waals surface area contributed by atoms with Crippen molar-refractivity contribution in [1.29, 1.82) is 5.26 Å². The van der Waals surface area contributed by atoms with Crippen LogP contribution < -0.4 is 11.1 Å². The van der Waals surface area contributed by atoms with Gasteiger partial charge in [0, 0.05) is 48.6 Å². The molecule has 0 saturated carbocycles. The summed E-state index contributed by atoms with van der Waals surface area (Å²) in [6, 6.07) is 6.05. The smallest absolute Gasteiger partial charge is 0.256 e. The van der Waals surface area contributed by atoms with Gasteiger partial charge in [0.1, 0.15) is 22.7 Å². The van der Waals surface area contributed by atoms with E-state index >= 15 is 4.39 Å². The Hall–Kier alpha value is -3.55. The Balaban J connectivity index is 1.69. The van der Waals surface area contributed by atoms with Crippen molar-refractivity contribution in [2.24, 2.45) is 0 Å². The molecule has 1 fully saturated rings. The van der Waals surface area contributed by atoms with E-state index in [0.717, 1.165) is 17.8 Å². The second-order valence-electron chi connectivity index (χ2n) is 8.71. The van der Waals surface area contributed by atoms with Gasteiger partial charge in [0.2, 0.25) is 0 Å². The van der Waals surface area contributed by atoms with E-state index in [1.807, 2.05) is 11.0 Å². The Morgan fingerprint density at radius 1 is 1.24 bits per heavy atom. The molecule has 6 rings (SSSR count). The van der Waals surface area contributed by atoms with Gasteiger partial charge < -0.3 is 16.0 Å². The van der Waals surface area contributed by atoms with Gasteiger partial charge in [-0.05, 0) is 31.0 Å². The summed E-state index contributed by atoms with van der Waals surface area (Å²) in [5, 5.41) is 18.6. The lowest BCUT2D eigenvalue weighted by atomic mass is 9.92. The van der Waals surface area contributed by atoms with Crippen LogP contribution in [0.3, 0.4) is 0 Å². The van der Waals surface area contributed by atoms with Gasteiger partial charge in [-0.3, -0.25) is 9.48 Å². The molecule has 0 aliphatic carbocycles. The molecule has 0 spiro atoms. The number of aryl methyl sites for hydroxylation is 2. The highest BCUT2D eigenvalue weighted by Gasteiger charge is 2.34. The number of carbonyl (C=O) groups excluding carboxylic acids is 1. The molecule has 3 N–H and O–H groups in total. The fourth-order valence-corrected chi connectivity index (χ4v) is 6.30. The Morgan fingerprint density at radius 3 is 2.85 bits per heavy atom. The molecule has 7 nitrogen and oxygen atoms in total. The summed E-state index contributed by atoms with van der Waals surface area (Å²) >= 11 is 0.967. The summed E-state index contributed by atoms with van der Waals surface area (Å²) in [5.41, 5.74) is 8.09. The molecule has 2 aliphatic rings. The largest absolute Gasteiger partial charge is 0.389 e. The standard InChI is InChI=1S/C24H20F2N6OS/c1-11-18-20(13-2-3-16(25)22-19(13)15(9-27)23(28)34-22)17(26)8-14-21(18)32(30-11)6-4-12-10-29-5-7-31(12)24(14)33/h2-3,8,12,29H,4-7,10,28H2,1H3. The molecular weight excluding hydrogens is 458 g/mol. The number of hydrogen-bond donors (Lipinski definition) is 2. The van der Waals surface area contributed by atoms with Crippen LogP contribution in [-0.4, -0.2) is 46.3 Å². The molecule has 172 valence electrons. The van der Waals surface area contributed by atoms with Gasteiger partial charge in [0.15, 0.2) is 0 Å². The lowest BCUT2D eigenvalue weighted by Crippen LogP contribution is -2.54. The fraction of sp³-hybridized carbons (Fsp3) is 0.292. The maximum Gasteiger partial charge on any atom is 0.256 e. The highest BCUT2D eigenvalue weighted by atomic mass is 32.1. The Morgan fingerprint density at radius 2 is 2.06 bits per heavy atom.